The minimum Gasteiger partial charge on any atom is -0.357 e. The second-order valence-corrected chi connectivity index (χ2v) is 7.46. The molecule has 2 aliphatic rings. The molecule has 2 fully saturated rings. The molecule has 0 spiro atoms. The molecule has 2 rings (SSSR count). The van der Waals surface area contributed by atoms with Crippen LogP contribution < -0.4 is 10.6 Å². The lowest BCUT2D eigenvalue weighted by Gasteiger charge is -2.28. The highest BCUT2D eigenvalue weighted by Gasteiger charge is 2.17. The Morgan fingerprint density at radius 2 is 2.04 bits per heavy atom. The summed E-state index contributed by atoms with van der Waals surface area (Å²) in [7, 11) is 2.20. The number of carbonyl (C=O) groups excluding carboxylic acids is 1. The minimum absolute atomic E-state index is 0. The molecule has 1 amide bonds. The summed E-state index contributed by atoms with van der Waals surface area (Å²) >= 11 is 0. The number of hydrogen-bond acceptors (Lipinski definition) is 3. The van der Waals surface area contributed by atoms with Crippen molar-refractivity contribution in [1.82, 2.24) is 20.4 Å². The van der Waals surface area contributed by atoms with Crippen molar-refractivity contribution in [3.8, 4) is 0 Å². The molecule has 1 unspecified atom stereocenters. The fourth-order valence-electron chi connectivity index (χ4n) is 3.74. The van der Waals surface area contributed by atoms with Gasteiger partial charge in [0.2, 0.25) is 5.91 Å². The lowest BCUT2D eigenvalue weighted by atomic mass is 9.99. The van der Waals surface area contributed by atoms with Crippen LogP contribution in [0.1, 0.15) is 51.9 Å². The first kappa shape index (κ1) is 23.5. The summed E-state index contributed by atoms with van der Waals surface area (Å²) in [5.74, 6) is 1.92. The van der Waals surface area contributed by atoms with Crippen LogP contribution in [0, 0.1) is 5.92 Å². The average molecular weight is 479 g/mol. The number of piperidine rings is 1. The fraction of sp³-hybridized carbons (Fsp3) is 0.895. The number of halogens is 1. The van der Waals surface area contributed by atoms with Gasteiger partial charge < -0.3 is 20.4 Å². The predicted molar refractivity (Wildman–Crippen MR) is 119 cm³/mol. The van der Waals surface area contributed by atoms with Crippen LogP contribution in [0.25, 0.3) is 0 Å². The highest BCUT2D eigenvalue weighted by molar-refractivity contribution is 14.0. The van der Waals surface area contributed by atoms with E-state index in [0.29, 0.717) is 11.8 Å². The van der Waals surface area contributed by atoms with Gasteiger partial charge in [0.25, 0.3) is 0 Å². The van der Waals surface area contributed by atoms with E-state index in [-0.39, 0.29) is 24.0 Å². The zero-order chi connectivity index (χ0) is 17.9. The van der Waals surface area contributed by atoms with Gasteiger partial charge in [0, 0.05) is 45.7 Å². The Kier molecular flexibility index (Phi) is 12.3. The first-order chi connectivity index (χ1) is 12.2. The molecule has 0 bridgehead atoms. The first-order valence-corrected chi connectivity index (χ1v) is 10.2. The molecule has 26 heavy (non-hydrogen) atoms. The van der Waals surface area contributed by atoms with Crippen molar-refractivity contribution < 1.29 is 4.79 Å². The summed E-state index contributed by atoms with van der Waals surface area (Å²) in [6, 6.07) is 0. The minimum atomic E-state index is 0. The van der Waals surface area contributed by atoms with Gasteiger partial charge in [-0.05, 0) is 58.5 Å². The number of carbonyl (C=O) groups is 1. The zero-order valence-electron chi connectivity index (χ0n) is 16.6. The Morgan fingerprint density at radius 1 is 1.19 bits per heavy atom. The number of guanidine groups is 1. The normalized spacial score (nSPS) is 22.5. The standard InChI is InChI=1S/C19H37N5O.HI/c1-3-20-19(22-15-17-9-7-12-23(2)16-17)21-11-8-14-24-13-6-4-5-10-18(24)25;/h17H,3-16H2,1-2H3,(H2,20,21,22);1H. The molecule has 2 heterocycles. The summed E-state index contributed by atoms with van der Waals surface area (Å²) in [6.07, 6.45) is 7.67. The van der Waals surface area contributed by atoms with E-state index in [9.17, 15) is 4.79 Å². The first-order valence-electron chi connectivity index (χ1n) is 10.2. The number of amides is 1. The smallest absolute Gasteiger partial charge is 0.222 e. The Labute approximate surface area is 176 Å². The number of rotatable bonds is 7. The lowest BCUT2D eigenvalue weighted by molar-refractivity contribution is -0.130. The Morgan fingerprint density at radius 3 is 2.81 bits per heavy atom. The van der Waals surface area contributed by atoms with E-state index in [0.717, 1.165) is 70.9 Å². The molecular weight excluding hydrogens is 441 g/mol. The molecular formula is C19H38IN5O. The van der Waals surface area contributed by atoms with E-state index in [2.05, 4.69) is 29.5 Å². The van der Waals surface area contributed by atoms with E-state index in [4.69, 9.17) is 4.99 Å². The zero-order valence-corrected chi connectivity index (χ0v) is 19.0. The number of nitrogens with zero attached hydrogens (tertiary/aromatic N) is 3. The predicted octanol–water partition coefficient (Wildman–Crippen LogP) is 2.29. The van der Waals surface area contributed by atoms with E-state index in [1.165, 1.54) is 25.8 Å². The van der Waals surface area contributed by atoms with Crippen molar-refractivity contribution >= 4 is 35.8 Å². The van der Waals surface area contributed by atoms with Crippen molar-refractivity contribution in [3.63, 3.8) is 0 Å². The van der Waals surface area contributed by atoms with Crippen molar-refractivity contribution in [1.29, 1.82) is 0 Å². The largest absolute Gasteiger partial charge is 0.357 e. The second kappa shape index (κ2) is 13.6. The Balaban J connectivity index is 0.00000338. The average Bonchev–Trinajstić information content (AvgIpc) is 2.81. The maximum Gasteiger partial charge on any atom is 0.222 e. The van der Waals surface area contributed by atoms with Crippen LogP contribution in [0.5, 0.6) is 0 Å². The van der Waals surface area contributed by atoms with Gasteiger partial charge in [0.1, 0.15) is 0 Å². The van der Waals surface area contributed by atoms with Crippen molar-refractivity contribution in [3.05, 3.63) is 0 Å². The highest BCUT2D eigenvalue weighted by atomic mass is 127. The van der Waals surface area contributed by atoms with Crippen LogP contribution >= 0.6 is 24.0 Å². The molecule has 0 aromatic carbocycles. The summed E-state index contributed by atoms with van der Waals surface area (Å²) in [5.41, 5.74) is 0. The maximum absolute atomic E-state index is 12.0. The van der Waals surface area contributed by atoms with E-state index >= 15 is 0 Å². The molecule has 6 nitrogen and oxygen atoms in total. The third-order valence-corrected chi connectivity index (χ3v) is 5.14. The third-order valence-electron chi connectivity index (χ3n) is 5.14. The molecule has 0 aromatic heterocycles. The van der Waals surface area contributed by atoms with Gasteiger partial charge >= 0.3 is 0 Å². The Bertz CT molecular complexity index is 432. The third kappa shape index (κ3) is 8.88. The van der Waals surface area contributed by atoms with Gasteiger partial charge in [0.15, 0.2) is 5.96 Å². The SMILES string of the molecule is CCNC(=NCC1CCCN(C)C1)NCCCN1CCCCCC1=O.I. The molecule has 0 aliphatic carbocycles. The van der Waals surface area contributed by atoms with E-state index in [1.807, 2.05) is 4.90 Å². The number of aliphatic imine (C=N–C) groups is 1. The Hall–Kier alpha value is -0.570. The van der Waals surface area contributed by atoms with Crippen LogP contribution in [0.2, 0.25) is 0 Å². The van der Waals surface area contributed by atoms with Crippen LogP contribution in [-0.4, -0.2) is 74.5 Å². The topological polar surface area (TPSA) is 60.0 Å². The molecule has 0 radical (unpaired) electrons. The van der Waals surface area contributed by atoms with Gasteiger partial charge in [-0.2, -0.15) is 0 Å². The second-order valence-electron chi connectivity index (χ2n) is 7.46. The van der Waals surface area contributed by atoms with Gasteiger partial charge in [-0.15, -0.1) is 24.0 Å². The molecule has 2 saturated heterocycles. The van der Waals surface area contributed by atoms with Crippen molar-refractivity contribution in [2.75, 3.05) is 52.9 Å². The molecule has 152 valence electrons. The van der Waals surface area contributed by atoms with Crippen LogP contribution in [0.4, 0.5) is 0 Å². The monoisotopic (exact) mass is 479 g/mol. The quantitative estimate of drug-likeness (QED) is 0.255. The van der Waals surface area contributed by atoms with E-state index < -0.39 is 0 Å². The van der Waals surface area contributed by atoms with Gasteiger partial charge in [-0.3, -0.25) is 9.79 Å². The van der Waals surface area contributed by atoms with Crippen molar-refractivity contribution in [2.24, 2.45) is 10.9 Å². The number of nitrogens with one attached hydrogen (secondary N) is 2. The van der Waals surface area contributed by atoms with Crippen LogP contribution in [-0.2, 0) is 4.79 Å². The summed E-state index contributed by atoms with van der Waals surface area (Å²) in [6.45, 7) is 8.89. The summed E-state index contributed by atoms with van der Waals surface area (Å²) in [5, 5.41) is 6.76. The fourth-order valence-corrected chi connectivity index (χ4v) is 3.74. The highest BCUT2D eigenvalue weighted by Crippen LogP contribution is 2.15. The molecule has 2 N–H and O–H groups in total. The lowest BCUT2D eigenvalue weighted by Crippen LogP contribution is -2.40. The summed E-state index contributed by atoms with van der Waals surface area (Å²) in [4.78, 5) is 21.2. The van der Waals surface area contributed by atoms with Crippen molar-refractivity contribution in [2.45, 2.75) is 51.9 Å². The molecule has 7 heteroatoms. The number of likely N-dealkylation sites (tertiary alicyclic amines) is 2. The van der Waals surface area contributed by atoms with Crippen LogP contribution in [0.15, 0.2) is 4.99 Å². The van der Waals surface area contributed by atoms with Gasteiger partial charge in [0.05, 0.1) is 0 Å². The molecule has 2 aliphatic heterocycles. The molecule has 0 saturated carbocycles. The van der Waals surface area contributed by atoms with E-state index in [1.54, 1.807) is 0 Å². The van der Waals surface area contributed by atoms with Gasteiger partial charge in [-0.1, -0.05) is 6.42 Å². The van der Waals surface area contributed by atoms with Crippen LogP contribution in [0.3, 0.4) is 0 Å². The number of hydrogen-bond donors (Lipinski definition) is 2. The maximum atomic E-state index is 12.0. The summed E-state index contributed by atoms with van der Waals surface area (Å²) < 4.78 is 0. The molecule has 1 atom stereocenters. The van der Waals surface area contributed by atoms with Gasteiger partial charge in [-0.25, -0.2) is 0 Å². The molecule has 0 aromatic rings.